The standard InChI is InChI=1S/C29H28FNO5S/c1-29(2,3)21-11-12-24(35-17-18-7-5-4-6-8-18)27(15-21)37(33,34)31-28(32)26-16-22-23(30)13-20(19-9-10-19)14-25(22)36-26/h4-8,11-16,19H,9-10,17H2,1-3H3,(H,31,32). The molecule has 1 aliphatic carbocycles. The van der Waals surface area contributed by atoms with Crippen LogP contribution in [0.5, 0.6) is 5.75 Å². The largest absolute Gasteiger partial charge is 0.487 e. The molecule has 1 saturated carbocycles. The van der Waals surface area contributed by atoms with Gasteiger partial charge in [0.15, 0.2) is 5.76 Å². The van der Waals surface area contributed by atoms with Gasteiger partial charge in [0.2, 0.25) is 0 Å². The number of carbonyl (C=O) groups is 1. The van der Waals surface area contributed by atoms with Crippen molar-refractivity contribution < 1.29 is 26.8 Å². The third kappa shape index (κ3) is 5.39. The third-order valence-corrected chi connectivity index (χ3v) is 7.80. The van der Waals surface area contributed by atoms with E-state index < -0.39 is 21.7 Å². The molecule has 3 aromatic carbocycles. The molecule has 1 N–H and O–H groups in total. The zero-order valence-electron chi connectivity index (χ0n) is 20.9. The first-order chi connectivity index (χ1) is 17.5. The summed E-state index contributed by atoms with van der Waals surface area (Å²) >= 11 is 0. The average Bonchev–Trinajstić information content (AvgIpc) is 3.61. The fourth-order valence-corrected chi connectivity index (χ4v) is 5.28. The number of carbonyl (C=O) groups excluding carboxylic acids is 1. The number of furan rings is 1. The van der Waals surface area contributed by atoms with Gasteiger partial charge in [-0.1, -0.05) is 57.2 Å². The van der Waals surface area contributed by atoms with E-state index in [1.54, 1.807) is 18.2 Å². The van der Waals surface area contributed by atoms with E-state index in [0.717, 1.165) is 29.5 Å². The van der Waals surface area contributed by atoms with Gasteiger partial charge in [-0.25, -0.2) is 17.5 Å². The molecular formula is C29H28FNO5S. The SMILES string of the molecule is CC(C)(C)c1ccc(OCc2ccccc2)c(S(=O)(=O)NC(=O)c2cc3c(F)cc(C4CC4)cc3o2)c1. The Hall–Kier alpha value is -3.65. The molecular weight excluding hydrogens is 493 g/mol. The minimum atomic E-state index is -4.36. The topological polar surface area (TPSA) is 85.6 Å². The summed E-state index contributed by atoms with van der Waals surface area (Å²) in [6.07, 6.45) is 1.97. The van der Waals surface area contributed by atoms with Crippen LogP contribution in [0.25, 0.3) is 11.0 Å². The van der Waals surface area contributed by atoms with Crippen LogP contribution >= 0.6 is 0 Å². The van der Waals surface area contributed by atoms with Crippen LogP contribution in [0.1, 0.15) is 66.8 Å². The molecule has 0 radical (unpaired) electrons. The Morgan fingerprint density at radius 2 is 1.78 bits per heavy atom. The first-order valence-corrected chi connectivity index (χ1v) is 13.6. The summed E-state index contributed by atoms with van der Waals surface area (Å²) < 4.78 is 55.0. The molecule has 1 aliphatic rings. The lowest BCUT2D eigenvalue weighted by atomic mass is 9.87. The summed E-state index contributed by atoms with van der Waals surface area (Å²) in [5.41, 5.74) is 2.31. The molecule has 6 nitrogen and oxygen atoms in total. The zero-order valence-corrected chi connectivity index (χ0v) is 21.7. The minimum absolute atomic E-state index is 0.113. The van der Waals surface area contributed by atoms with Crippen LogP contribution in [0.2, 0.25) is 0 Å². The Bertz CT molecular complexity index is 1580. The van der Waals surface area contributed by atoms with Crippen LogP contribution in [0, 0.1) is 5.82 Å². The highest BCUT2D eigenvalue weighted by Gasteiger charge is 2.29. The smallest absolute Gasteiger partial charge is 0.300 e. The minimum Gasteiger partial charge on any atom is -0.487 e. The number of nitrogens with one attached hydrogen (secondary N) is 1. The van der Waals surface area contributed by atoms with Gasteiger partial charge >= 0.3 is 5.91 Å². The highest BCUT2D eigenvalue weighted by molar-refractivity contribution is 7.90. The molecule has 0 spiro atoms. The van der Waals surface area contributed by atoms with Crippen LogP contribution < -0.4 is 9.46 Å². The monoisotopic (exact) mass is 521 g/mol. The Morgan fingerprint density at radius 3 is 2.46 bits per heavy atom. The van der Waals surface area contributed by atoms with Gasteiger partial charge in [-0.2, -0.15) is 0 Å². The molecule has 37 heavy (non-hydrogen) atoms. The van der Waals surface area contributed by atoms with E-state index >= 15 is 0 Å². The highest BCUT2D eigenvalue weighted by atomic mass is 32.2. The lowest BCUT2D eigenvalue weighted by Gasteiger charge is -2.21. The first-order valence-electron chi connectivity index (χ1n) is 12.1. The van der Waals surface area contributed by atoms with Gasteiger partial charge in [-0.15, -0.1) is 0 Å². The summed E-state index contributed by atoms with van der Waals surface area (Å²) in [5, 5.41) is 0.133. The van der Waals surface area contributed by atoms with Crippen molar-refractivity contribution in [3.8, 4) is 5.75 Å². The highest BCUT2D eigenvalue weighted by Crippen LogP contribution is 2.42. The van der Waals surface area contributed by atoms with Crippen LogP contribution in [0.4, 0.5) is 4.39 Å². The molecule has 5 rings (SSSR count). The summed E-state index contributed by atoms with van der Waals surface area (Å²) in [5.74, 6) is -1.37. The van der Waals surface area contributed by atoms with E-state index in [2.05, 4.69) is 4.72 Å². The Balaban J connectivity index is 1.45. The van der Waals surface area contributed by atoms with Crippen LogP contribution in [-0.4, -0.2) is 14.3 Å². The van der Waals surface area contributed by atoms with Gasteiger partial charge < -0.3 is 9.15 Å². The number of rotatable bonds is 7. The van der Waals surface area contributed by atoms with Gasteiger partial charge in [0.25, 0.3) is 10.0 Å². The number of benzene rings is 3. The molecule has 192 valence electrons. The van der Waals surface area contributed by atoms with Crippen molar-refractivity contribution in [2.75, 3.05) is 0 Å². The Labute approximate surface area is 215 Å². The van der Waals surface area contributed by atoms with E-state index in [-0.39, 0.29) is 39.4 Å². The van der Waals surface area contributed by atoms with Crippen LogP contribution in [-0.2, 0) is 22.0 Å². The summed E-state index contributed by atoms with van der Waals surface area (Å²) in [6, 6.07) is 18.6. The normalized spacial score (nSPS) is 14.1. The van der Waals surface area contributed by atoms with Gasteiger partial charge in [-0.3, -0.25) is 4.79 Å². The zero-order chi connectivity index (χ0) is 26.4. The number of fused-ring (bicyclic) bond motifs is 1. The van der Waals surface area contributed by atoms with E-state index in [1.165, 1.54) is 18.2 Å². The molecule has 1 amide bonds. The number of hydrogen-bond acceptors (Lipinski definition) is 5. The molecule has 1 heterocycles. The summed E-state index contributed by atoms with van der Waals surface area (Å²) in [7, 11) is -4.36. The lowest BCUT2D eigenvalue weighted by molar-refractivity contribution is 0.0956. The van der Waals surface area contributed by atoms with Gasteiger partial charge in [-0.05, 0) is 65.1 Å². The molecule has 0 saturated heterocycles. The van der Waals surface area contributed by atoms with Crippen LogP contribution in [0.3, 0.4) is 0 Å². The molecule has 8 heteroatoms. The Kier molecular flexibility index (Phi) is 6.31. The maximum absolute atomic E-state index is 14.6. The first kappa shape index (κ1) is 25.0. The molecule has 0 atom stereocenters. The van der Waals surface area contributed by atoms with E-state index in [4.69, 9.17) is 9.15 Å². The van der Waals surface area contributed by atoms with Crippen LogP contribution in [0.15, 0.2) is 76.0 Å². The Morgan fingerprint density at radius 1 is 1.05 bits per heavy atom. The number of amides is 1. The maximum atomic E-state index is 14.6. The predicted molar refractivity (Wildman–Crippen MR) is 139 cm³/mol. The fraction of sp³-hybridized carbons (Fsp3) is 0.276. The van der Waals surface area contributed by atoms with E-state index in [0.29, 0.717) is 5.92 Å². The van der Waals surface area contributed by atoms with Gasteiger partial charge in [0.05, 0.1) is 5.39 Å². The van der Waals surface area contributed by atoms with Crippen molar-refractivity contribution in [3.63, 3.8) is 0 Å². The summed E-state index contributed by atoms with van der Waals surface area (Å²) in [4.78, 5) is 12.8. The van der Waals surface area contributed by atoms with Crippen molar-refractivity contribution in [1.82, 2.24) is 4.72 Å². The molecule has 1 aromatic heterocycles. The quantitative estimate of drug-likeness (QED) is 0.302. The van der Waals surface area contributed by atoms with Crippen molar-refractivity contribution in [3.05, 3.63) is 95.0 Å². The third-order valence-electron chi connectivity index (χ3n) is 6.45. The van der Waals surface area contributed by atoms with Gasteiger partial charge in [0.1, 0.15) is 28.7 Å². The second-order valence-electron chi connectivity index (χ2n) is 10.4. The van der Waals surface area contributed by atoms with Crippen molar-refractivity contribution in [1.29, 1.82) is 0 Å². The van der Waals surface area contributed by atoms with E-state index in [9.17, 15) is 17.6 Å². The number of hydrogen-bond donors (Lipinski definition) is 1. The van der Waals surface area contributed by atoms with Crippen molar-refractivity contribution >= 4 is 26.9 Å². The number of halogens is 1. The van der Waals surface area contributed by atoms with E-state index in [1.807, 2.05) is 51.1 Å². The predicted octanol–water partition coefficient (Wildman–Crippen LogP) is 6.44. The molecule has 0 aliphatic heterocycles. The lowest BCUT2D eigenvalue weighted by Crippen LogP contribution is -2.31. The second kappa shape index (κ2) is 9.34. The molecule has 0 bridgehead atoms. The van der Waals surface area contributed by atoms with Crippen molar-refractivity contribution in [2.24, 2.45) is 0 Å². The second-order valence-corrected chi connectivity index (χ2v) is 12.1. The molecule has 4 aromatic rings. The molecule has 1 fully saturated rings. The number of ether oxygens (including phenoxy) is 1. The number of sulfonamides is 1. The maximum Gasteiger partial charge on any atom is 0.300 e. The summed E-state index contributed by atoms with van der Waals surface area (Å²) in [6.45, 7) is 6.03. The van der Waals surface area contributed by atoms with Gasteiger partial charge in [0, 0.05) is 6.07 Å². The average molecular weight is 522 g/mol. The van der Waals surface area contributed by atoms with Crippen molar-refractivity contribution in [2.45, 2.75) is 56.4 Å². The fourth-order valence-electron chi connectivity index (χ4n) is 4.15. The molecule has 0 unspecified atom stereocenters.